The molecule has 106 valence electrons. The minimum Gasteiger partial charge on any atom is -0.497 e. The van der Waals surface area contributed by atoms with E-state index in [1.165, 1.54) is 0 Å². The third kappa shape index (κ3) is 3.65. The molecule has 0 aliphatic carbocycles. The van der Waals surface area contributed by atoms with Crippen LogP contribution in [0, 0.1) is 5.92 Å². The number of hydrogen-bond donors (Lipinski definition) is 0. The summed E-state index contributed by atoms with van der Waals surface area (Å²) in [5, 5.41) is 3.55. The molecule has 6 heteroatoms. The zero-order valence-electron chi connectivity index (χ0n) is 11.5. The predicted octanol–water partition coefficient (Wildman–Crippen LogP) is 2.40. The fourth-order valence-electron chi connectivity index (χ4n) is 2.44. The maximum atomic E-state index is 11.9. The molecule has 1 aromatic rings. The SMILES string of the molecule is COc1cccc(CCN2CC(CN=[N+]=[N-])CC2=O)c1. The van der Waals surface area contributed by atoms with Gasteiger partial charge in [0.2, 0.25) is 5.91 Å². The molecule has 1 aliphatic rings. The van der Waals surface area contributed by atoms with Gasteiger partial charge in [-0.3, -0.25) is 4.79 Å². The van der Waals surface area contributed by atoms with Gasteiger partial charge in [0.05, 0.1) is 7.11 Å². The summed E-state index contributed by atoms with van der Waals surface area (Å²) in [4.78, 5) is 16.4. The Bertz CT molecular complexity index is 526. The molecule has 2 rings (SSSR count). The Morgan fingerprint density at radius 2 is 2.40 bits per heavy atom. The highest BCUT2D eigenvalue weighted by Gasteiger charge is 2.28. The van der Waals surface area contributed by atoms with E-state index in [4.69, 9.17) is 10.3 Å². The van der Waals surface area contributed by atoms with Crippen molar-refractivity contribution in [3.8, 4) is 5.75 Å². The Morgan fingerprint density at radius 1 is 1.55 bits per heavy atom. The third-order valence-electron chi connectivity index (χ3n) is 3.50. The molecular formula is C14H18N4O2. The van der Waals surface area contributed by atoms with Gasteiger partial charge in [0.1, 0.15) is 5.75 Å². The lowest BCUT2D eigenvalue weighted by Crippen LogP contribution is -2.27. The molecular weight excluding hydrogens is 256 g/mol. The van der Waals surface area contributed by atoms with Crippen molar-refractivity contribution < 1.29 is 9.53 Å². The lowest BCUT2D eigenvalue weighted by atomic mass is 10.1. The molecule has 0 N–H and O–H groups in total. The van der Waals surface area contributed by atoms with Gasteiger partial charge in [-0.05, 0) is 35.6 Å². The third-order valence-corrected chi connectivity index (χ3v) is 3.50. The van der Waals surface area contributed by atoms with Gasteiger partial charge in [-0.1, -0.05) is 17.2 Å². The van der Waals surface area contributed by atoms with Crippen molar-refractivity contribution in [2.45, 2.75) is 12.8 Å². The summed E-state index contributed by atoms with van der Waals surface area (Å²) in [5.74, 6) is 1.13. The first-order chi connectivity index (χ1) is 9.72. The Kier molecular flexibility index (Phi) is 4.85. The Hall–Kier alpha value is -2.20. The molecule has 1 saturated heterocycles. The van der Waals surface area contributed by atoms with E-state index >= 15 is 0 Å². The summed E-state index contributed by atoms with van der Waals surface area (Å²) in [7, 11) is 1.64. The molecule has 6 nitrogen and oxygen atoms in total. The molecule has 1 fully saturated rings. The first kappa shape index (κ1) is 14.2. The van der Waals surface area contributed by atoms with Gasteiger partial charge in [-0.25, -0.2) is 0 Å². The average Bonchev–Trinajstić information content (AvgIpc) is 2.83. The van der Waals surface area contributed by atoms with Gasteiger partial charge in [-0.2, -0.15) is 0 Å². The largest absolute Gasteiger partial charge is 0.497 e. The van der Waals surface area contributed by atoms with Crippen molar-refractivity contribution in [1.82, 2.24) is 4.90 Å². The van der Waals surface area contributed by atoms with Crippen LogP contribution in [0.4, 0.5) is 0 Å². The van der Waals surface area contributed by atoms with Gasteiger partial charge in [-0.15, -0.1) is 0 Å². The van der Waals surface area contributed by atoms with Crippen molar-refractivity contribution in [3.05, 3.63) is 40.3 Å². The number of ether oxygens (including phenoxy) is 1. The van der Waals surface area contributed by atoms with E-state index in [-0.39, 0.29) is 11.8 Å². The highest BCUT2D eigenvalue weighted by atomic mass is 16.5. The summed E-state index contributed by atoms with van der Waals surface area (Å²) in [6, 6.07) is 7.86. The standard InChI is InChI=1S/C14H18N4O2/c1-20-13-4-2-3-11(7-13)5-6-18-10-12(8-14(18)19)9-16-17-15/h2-4,7,12H,5-6,8-10H2,1H3. The number of likely N-dealkylation sites (tertiary alicyclic amines) is 1. The summed E-state index contributed by atoms with van der Waals surface area (Å²) in [6.07, 6.45) is 1.29. The second-order valence-electron chi connectivity index (χ2n) is 4.92. The molecule has 20 heavy (non-hydrogen) atoms. The monoisotopic (exact) mass is 274 g/mol. The molecule has 1 atom stereocenters. The maximum absolute atomic E-state index is 11.9. The van der Waals surface area contributed by atoms with Crippen LogP contribution in [0.5, 0.6) is 5.75 Å². The Morgan fingerprint density at radius 3 is 3.15 bits per heavy atom. The lowest BCUT2D eigenvalue weighted by Gasteiger charge is -2.16. The van der Waals surface area contributed by atoms with E-state index in [0.29, 0.717) is 26.1 Å². The van der Waals surface area contributed by atoms with Crippen LogP contribution in [-0.2, 0) is 11.2 Å². The van der Waals surface area contributed by atoms with Crippen molar-refractivity contribution in [2.75, 3.05) is 26.7 Å². The summed E-state index contributed by atoms with van der Waals surface area (Å²) in [6.45, 7) is 1.78. The molecule has 1 unspecified atom stereocenters. The smallest absolute Gasteiger partial charge is 0.222 e. The van der Waals surface area contributed by atoms with Crippen LogP contribution < -0.4 is 4.74 Å². The highest BCUT2D eigenvalue weighted by Crippen LogP contribution is 2.19. The second kappa shape index (κ2) is 6.82. The van der Waals surface area contributed by atoms with Crippen LogP contribution in [0.15, 0.2) is 29.4 Å². The van der Waals surface area contributed by atoms with Gasteiger partial charge in [0.25, 0.3) is 0 Å². The molecule has 0 bridgehead atoms. The van der Waals surface area contributed by atoms with Gasteiger partial charge >= 0.3 is 0 Å². The van der Waals surface area contributed by atoms with E-state index < -0.39 is 0 Å². The van der Waals surface area contributed by atoms with Gasteiger partial charge in [0, 0.05) is 31.0 Å². The number of azide groups is 1. The minimum absolute atomic E-state index is 0.144. The maximum Gasteiger partial charge on any atom is 0.222 e. The fourth-order valence-corrected chi connectivity index (χ4v) is 2.44. The fraction of sp³-hybridized carbons (Fsp3) is 0.500. The summed E-state index contributed by atoms with van der Waals surface area (Å²) < 4.78 is 5.18. The lowest BCUT2D eigenvalue weighted by molar-refractivity contribution is -0.127. The number of nitrogens with zero attached hydrogens (tertiary/aromatic N) is 4. The van der Waals surface area contributed by atoms with Crippen LogP contribution in [0.2, 0.25) is 0 Å². The molecule has 1 heterocycles. The van der Waals surface area contributed by atoms with Gasteiger partial charge in [0.15, 0.2) is 0 Å². The van der Waals surface area contributed by atoms with Gasteiger partial charge < -0.3 is 9.64 Å². The molecule has 0 aromatic heterocycles. The number of amides is 1. The van der Waals surface area contributed by atoms with E-state index in [2.05, 4.69) is 10.0 Å². The van der Waals surface area contributed by atoms with Crippen molar-refractivity contribution in [3.63, 3.8) is 0 Å². The van der Waals surface area contributed by atoms with E-state index in [1.807, 2.05) is 29.2 Å². The molecule has 0 saturated carbocycles. The normalized spacial score (nSPS) is 17.9. The molecule has 1 aliphatic heterocycles. The van der Waals surface area contributed by atoms with Crippen LogP contribution >= 0.6 is 0 Å². The molecule has 1 aromatic carbocycles. The van der Waals surface area contributed by atoms with Crippen molar-refractivity contribution in [1.29, 1.82) is 0 Å². The first-order valence-corrected chi connectivity index (χ1v) is 6.64. The average molecular weight is 274 g/mol. The number of hydrogen-bond acceptors (Lipinski definition) is 3. The quantitative estimate of drug-likeness (QED) is 0.453. The number of benzene rings is 1. The molecule has 0 radical (unpaired) electrons. The molecule has 1 amide bonds. The Balaban J connectivity index is 1.87. The zero-order chi connectivity index (χ0) is 14.4. The second-order valence-corrected chi connectivity index (χ2v) is 4.92. The number of carbonyl (C=O) groups is 1. The first-order valence-electron chi connectivity index (χ1n) is 6.64. The van der Waals surface area contributed by atoms with Crippen LogP contribution in [-0.4, -0.2) is 37.6 Å². The molecule has 0 spiro atoms. The van der Waals surface area contributed by atoms with Crippen molar-refractivity contribution in [2.24, 2.45) is 11.0 Å². The summed E-state index contributed by atoms with van der Waals surface area (Å²) in [5.41, 5.74) is 9.46. The number of rotatable bonds is 6. The van der Waals surface area contributed by atoms with E-state index in [1.54, 1.807) is 7.11 Å². The van der Waals surface area contributed by atoms with Crippen LogP contribution in [0.25, 0.3) is 10.4 Å². The zero-order valence-corrected chi connectivity index (χ0v) is 11.5. The topological polar surface area (TPSA) is 78.3 Å². The summed E-state index contributed by atoms with van der Waals surface area (Å²) >= 11 is 0. The van der Waals surface area contributed by atoms with Crippen molar-refractivity contribution >= 4 is 5.91 Å². The van der Waals surface area contributed by atoms with Crippen LogP contribution in [0.1, 0.15) is 12.0 Å². The predicted molar refractivity (Wildman–Crippen MR) is 75.4 cm³/mol. The number of methoxy groups -OCH3 is 1. The number of carbonyl (C=O) groups excluding carboxylic acids is 1. The van der Waals surface area contributed by atoms with E-state index in [9.17, 15) is 4.79 Å². The minimum atomic E-state index is 0.144. The van der Waals surface area contributed by atoms with E-state index in [0.717, 1.165) is 17.7 Å². The Labute approximate surface area is 118 Å². The highest BCUT2D eigenvalue weighted by molar-refractivity contribution is 5.78. The van der Waals surface area contributed by atoms with Crippen LogP contribution in [0.3, 0.4) is 0 Å².